The lowest BCUT2D eigenvalue weighted by Gasteiger charge is -2.29. The van der Waals surface area contributed by atoms with Crippen molar-refractivity contribution in [3.8, 4) is 0 Å². The minimum Gasteiger partial charge on any atom is -0.391 e. The molecule has 0 aromatic carbocycles. The van der Waals surface area contributed by atoms with E-state index in [0.29, 0.717) is 19.5 Å². The molecule has 2 aliphatic rings. The Bertz CT molecular complexity index is 332. The third-order valence-electron chi connectivity index (χ3n) is 4.02. The minimum atomic E-state index is -0.429. The maximum atomic E-state index is 12.1. The second-order valence-electron chi connectivity index (χ2n) is 5.30. The van der Waals surface area contributed by atoms with Gasteiger partial charge in [-0.1, -0.05) is 12.8 Å². The van der Waals surface area contributed by atoms with Crippen LogP contribution in [0.1, 0.15) is 39.0 Å². The average molecular weight is 254 g/mol. The Morgan fingerprint density at radius 2 is 2.17 bits per heavy atom. The van der Waals surface area contributed by atoms with Crippen molar-refractivity contribution in [3.05, 3.63) is 0 Å². The number of nitrogens with one attached hydrogen (secondary N) is 1. The molecular formula is C13H22N2O3. The van der Waals surface area contributed by atoms with Gasteiger partial charge < -0.3 is 15.3 Å². The molecule has 1 heterocycles. The van der Waals surface area contributed by atoms with Crippen LogP contribution >= 0.6 is 0 Å². The summed E-state index contributed by atoms with van der Waals surface area (Å²) in [6.07, 6.45) is 3.55. The van der Waals surface area contributed by atoms with Gasteiger partial charge in [-0.05, 0) is 19.8 Å². The van der Waals surface area contributed by atoms with Crippen molar-refractivity contribution in [2.24, 2.45) is 5.92 Å². The lowest BCUT2D eigenvalue weighted by atomic mass is 9.92. The maximum absolute atomic E-state index is 12.1. The molecule has 1 aliphatic carbocycles. The van der Waals surface area contributed by atoms with Gasteiger partial charge in [0.1, 0.15) is 0 Å². The molecule has 5 heteroatoms. The monoisotopic (exact) mass is 254 g/mol. The standard InChI is InChI=1S/C13H22N2O3/c1-2-15-8-9(7-12(15)17)13(18)14-10-5-3-4-6-11(10)16/h9-11,16H,2-8H2,1H3,(H,14,18)/t9?,10-,11-/m0/s1. The normalized spacial score (nSPS) is 32.7. The number of hydrogen-bond acceptors (Lipinski definition) is 3. The van der Waals surface area contributed by atoms with Crippen molar-refractivity contribution in [1.82, 2.24) is 10.2 Å². The zero-order valence-corrected chi connectivity index (χ0v) is 10.9. The number of carbonyl (C=O) groups is 2. The molecule has 2 rings (SSSR count). The van der Waals surface area contributed by atoms with Crippen LogP contribution < -0.4 is 5.32 Å². The van der Waals surface area contributed by atoms with E-state index in [0.717, 1.165) is 25.7 Å². The molecule has 2 fully saturated rings. The Balaban J connectivity index is 1.86. The Labute approximate surface area is 108 Å². The second kappa shape index (κ2) is 5.69. The smallest absolute Gasteiger partial charge is 0.225 e. The SMILES string of the molecule is CCN1CC(C(=O)N[C@H]2CCCC[C@@H]2O)CC1=O. The number of hydrogen-bond donors (Lipinski definition) is 2. The second-order valence-corrected chi connectivity index (χ2v) is 5.30. The van der Waals surface area contributed by atoms with Gasteiger partial charge in [-0.25, -0.2) is 0 Å². The van der Waals surface area contributed by atoms with Gasteiger partial charge in [0.05, 0.1) is 18.1 Å². The van der Waals surface area contributed by atoms with E-state index in [-0.39, 0.29) is 23.8 Å². The van der Waals surface area contributed by atoms with Crippen molar-refractivity contribution in [1.29, 1.82) is 0 Å². The van der Waals surface area contributed by atoms with Crippen molar-refractivity contribution in [2.75, 3.05) is 13.1 Å². The molecule has 5 nitrogen and oxygen atoms in total. The zero-order chi connectivity index (χ0) is 13.1. The molecule has 0 radical (unpaired) electrons. The number of carbonyl (C=O) groups excluding carboxylic acids is 2. The van der Waals surface area contributed by atoms with Gasteiger partial charge in [0.25, 0.3) is 0 Å². The van der Waals surface area contributed by atoms with E-state index in [9.17, 15) is 14.7 Å². The van der Waals surface area contributed by atoms with Crippen LogP contribution in [0.25, 0.3) is 0 Å². The summed E-state index contributed by atoms with van der Waals surface area (Å²) in [5.74, 6) is -0.265. The first-order valence-corrected chi connectivity index (χ1v) is 6.88. The lowest BCUT2D eigenvalue weighted by Crippen LogP contribution is -2.47. The van der Waals surface area contributed by atoms with E-state index < -0.39 is 6.10 Å². The highest BCUT2D eigenvalue weighted by Gasteiger charge is 2.35. The van der Waals surface area contributed by atoms with Gasteiger partial charge >= 0.3 is 0 Å². The Kier molecular flexibility index (Phi) is 4.22. The Morgan fingerprint density at radius 1 is 1.44 bits per heavy atom. The Morgan fingerprint density at radius 3 is 2.78 bits per heavy atom. The number of rotatable bonds is 3. The van der Waals surface area contributed by atoms with Crippen LogP contribution in [0.15, 0.2) is 0 Å². The minimum absolute atomic E-state index is 0.0573. The van der Waals surface area contributed by atoms with E-state index in [1.165, 1.54) is 0 Å². The number of nitrogens with zero attached hydrogens (tertiary/aromatic N) is 1. The van der Waals surface area contributed by atoms with Crippen LogP contribution in [0.5, 0.6) is 0 Å². The fourth-order valence-corrected chi connectivity index (χ4v) is 2.83. The van der Waals surface area contributed by atoms with Crippen LogP contribution in [-0.2, 0) is 9.59 Å². The predicted octanol–water partition coefficient (Wildman–Crippen LogP) is 0.274. The van der Waals surface area contributed by atoms with Gasteiger partial charge in [0, 0.05) is 19.5 Å². The molecule has 18 heavy (non-hydrogen) atoms. The molecular weight excluding hydrogens is 232 g/mol. The topological polar surface area (TPSA) is 69.6 Å². The van der Waals surface area contributed by atoms with Gasteiger partial charge in [0.15, 0.2) is 0 Å². The first kappa shape index (κ1) is 13.3. The number of aliphatic hydroxyl groups excluding tert-OH is 1. The quantitative estimate of drug-likeness (QED) is 0.760. The molecule has 1 aliphatic heterocycles. The summed E-state index contributed by atoms with van der Waals surface area (Å²) < 4.78 is 0. The van der Waals surface area contributed by atoms with Crippen LogP contribution in [0.4, 0.5) is 0 Å². The highest BCUT2D eigenvalue weighted by atomic mass is 16.3. The average Bonchev–Trinajstić information content (AvgIpc) is 2.73. The predicted molar refractivity (Wildman–Crippen MR) is 66.8 cm³/mol. The van der Waals surface area contributed by atoms with Crippen molar-refractivity contribution in [3.63, 3.8) is 0 Å². The van der Waals surface area contributed by atoms with Crippen LogP contribution in [0.3, 0.4) is 0 Å². The molecule has 1 saturated carbocycles. The van der Waals surface area contributed by atoms with Crippen molar-refractivity contribution < 1.29 is 14.7 Å². The molecule has 0 aromatic rings. The van der Waals surface area contributed by atoms with Crippen molar-refractivity contribution in [2.45, 2.75) is 51.2 Å². The number of likely N-dealkylation sites (tertiary alicyclic amines) is 1. The lowest BCUT2D eigenvalue weighted by molar-refractivity contribution is -0.129. The van der Waals surface area contributed by atoms with E-state index in [2.05, 4.69) is 5.32 Å². The molecule has 0 bridgehead atoms. The first-order chi connectivity index (χ1) is 8.61. The molecule has 102 valence electrons. The molecule has 0 aromatic heterocycles. The fraction of sp³-hybridized carbons (Fsp3) is 0.846. The van der Waals surface area contributed by atoms with Crippen LogP contribution in [0.2, 0.25) is 0 Å². The van der Waals surface area contributed by atoms with E-state index in [1.807, 2.05) is 6.92 Å². The fourth-order valence-electron chi connectivity index (χ4n) is 2.83. The molecule has 3 atom stereocenters. The highest BCUT2D eigenvalue weighted by Crippen LogP contribution is 2.21. The van der Waals surface area contributed by atoms with Crippen LogP contribution in [0, 0.1) is 5.92 Å². The largest absolute Gasteiger partial charge is 0.391 e. The highest BCUT2D eigenvalue weighted by molar-refractivity contribution is 5.89. The molecule has 1 unspecified atom stereocenters. The van der Waals surface area contributed by atoms with Gasteiger partial charge in [-0.15, -0.1) is 0 Å². The molecule has 2 amide bonds. The molecule has 0 spiro atoms. The summed E-state index contributed by atoms with van der Waals surface area (Å²) in [5.41, 5.74) is 0. The van der Waals surface area contributed by atoms with Crippen molar-refractivity contribution >= 4 is 11.8 Å². The summed E-state index contributed by atoms with van der Waals surface area (Å²) in [6.45, 7) is 3.10. The summed E-state index contributed by atoms with van der Waals surface area (Å²) in [4.78, 5) is 25.3. The van der Waals surface area contributed by atoms with Gasteiger partial charge in [-0.3, -0.25) is 9.59 Å². The van der Waals surface area contributed by atoms with Gasteiger partial charge in [-0.2, -0.15) is 0 Å². The molecule has 2 N–H and O–H groups in total. The summed E-state index contributed by atoms with van der Waals surface area (Å²) in [7, 11) is 0. The number of amides is 2. The van der Waals surface area contributed by atoms with E-state index >= 15 is 0 Å². The van der Waals surface area contributed by atoms with E-state index in [4.69, 9.17) is 0 Å². The third-order valence-corrected chi connectivity index (χ3v) is 4.02. The van der Waals surface area contributed by atoms with Gasteiger partial charge in [0.2, 0.25) is 11.8 Å². The van der Waals surface area contributed by atoms with E-state index in [1.54, 1.807) is 4.90 Å². The maximum Gasteiger partial charge on any atom is 0.225 e. The zero-order valence-electron chi connectivity index (χ0n) is 10.9. The first-order valence-electron chi connectivity index (χ1n) is 6.88. The summed E-state index contributed by atoms with van der Waals surface area (Å²) in [6, 6.07) is -0.128. The summed E-state index contributed by atoms with van der Waals surface area (Å²) >= 11 is 0. The van der Waals surface area contributed by atoms with Crippen LogP contribution in [-0.4, -0.2) is 47.1 Å². The number of aliphatic hydroxyl groups is 1. The molecule has 1 saturated heterocycles. The third kappa shape index (κ3) is 2.83. The summed E-state index contributed by atoms with van der Waals surface area (Å²) in [5, 5.41) is 12.7. The Hall–Kier alpha value is -1.10.